The standard InChI is InChI=1S/C20H25N5O/c21-18(26)14-8-12-25(13-9-14)20-16-6-10-22-11-7-17(16)23-19(24-20)15-4-2-1-3-5-15/h1-5,14,22H,6-13H2,(H2,21,26). The number of anilines is 1. The number of carbonyl (C=O) groups excluding carboxylic acids is 1. The van der Waals surface area contributed by atoms with Crippen molar-refractivity contribution in [2.45, 2.75) is 25.7 Å². The molecule has 0 unspecified atom stereocenters. The van der Waals surface area contributed by atoms with Crippen LogP contribution in [0.5, 0.6) is 0 Å². The van der Waals surface area contributed by atoms with Gasteiger partial charge in [-0.15, -0.1) is 0 Å². The van der Waals surface area contributed by atoms with Crippen molar-refractivity contribution in [3.05, 3.63) is 41.6 Å². The maximum Gasteiger partial charge on any atom is 0.220 e. The van der Waals surface area contributed by atoms with Gasteiger partial charge in [0.25, 0.3) is 0 Å². The zero-order valence-electron chi connectivity index (χ0n) is 14.9. The molecule has 1 aromatic carbocycles. The summed E-state index contributed by atoms with van der Waals surface area (Å²) in [7, 11) is 0. The van der Waals surface area contributed by atoms with Gasteiger partial charge in [-0.2, -0.15) is 0 Å². The number of primary amides is 1. The minimum Gasteiger partial charge on any atom is -0.369 e. The van der Waals surface area contributed by atoms with Crippen molar-refractivity contribution in [2.24, 2.45) is 11.7 Å². The van der Waals surface area contributed by atoms with Gasteiger partial charge in [-0.1, -0.05) is 30.3 Å². The normalized spacial score (nSPS) is 18.2. The molecule has 6 heteroatoms. The molecule has 0 aliphatic carbocycles. The fourth-order valence-electron chi connectivity index (χ4n) is 3.88. The number of hydrogen-bond donors (Lipinski definition) is 2. The first-order chi connectivity index (χ1) is 12.7. The lowest BCUT2D eigenvalue weighted by molar-refractivity contribution is -0.122. The Labute approximate surface area is 153 Å². The quantitative estimate of drug-likeness (QED) is 0.876. The molecule has 2 aliphatic heterocycles. The Bertz CT molecular complexity index is 784. The molecular weight excluding hydrogens is 326 g/mol. The fraction of sp³-hybridized carbons (Fsp3) is 0.450. The molecule has 0 bridgehead atoms. The van der Waals surface area contributed by atoms with Crippen LogP contribution in [-0.2, 0) is 17.6 Å². The molecule has 136 valence electrons. The van der Waals surface area contributed by atoms with Crippen molar-refractivity contribution in [2.75, 3.05) is 31.1 Å². The van der Waals surface area contributed by atoms with Gasteiger partial charge in [0.2, 0.25) is 5.91 Å². The van der Waals surface area contributed by atoms with E-state index in [2.05, 4.69) is 22.3 Å². The highest BCUT2D eigenvalue weighted by atomic mass is 16.1. The van der Waals surface area contributed by atoms with Gasteiger partial charge in [-0.05, 0) is 25.8 Å². The number of aromatic nitrogens is 2. The smallest absolute Gasteiger partial charge is 0.220 e. The number of piperidine rings is 1. The van der Waals surface area contributed by atoms with E-state index < -0.39 is 0 Å². The van der Waals surface area contributed by atoms with E-state index in [1.54, 1.807) is 0 Å². The Morgan fingerprint density at radius 2 is 1.81 bits per heavy atom. The number of nitrogens with two attached hydrogens (primary N) is 1. The van der Waals surface area contributed by atoms with Crippen LogP contribution in [-0.4, -0.2) is 42.1 Å². The third-order valence-corrected chi connectivity index (χ3v) is 5.39. The van der Waals surface area contributed by atoms with Gasteiger partial charge >= 0.3 is 0 Å². The van der Waals surface area contributed by atoms with Crippen LogP contribution in [0.2, 0.25) is 0 Å². The van der Waals surface area contributed by atoms with E-state index in [1.807, 2.05) is 18.2 Å². The second-order valence-electron chi connectivity index (χ2n) is 7.08. The molecule has 4 rings (SSSR count). The molecule has 2 aliphatic rings. The Morgan fingerprint density at radius 1 is 1.08 bits per heavy atom. The van der Waals surface area contributed by atoms with Crippen LogP contribution in [0.3, 0.4) is 0 Å². The van der Waals surface area contributed by atoms with Gasteiger partial charge < -0.3 is 16.0 Å². The van der Waals surface area contributed by atoms with Crippen molar-refractivity contribution in [1.82, 2.24) is 15.3 Å². The van der Waals surface area contributed by atoms with Crippen LogP contribution in [0.4, 0.5) is 5.82 Å². The Hall–Kier alpha value is -2.47. The Morgan fingerprint density at radius 3 is 2.54 bits per heavy atom. The maximum absolute atomic E-state index is 11.5. The van der Waals surface area contributed by atoms with Gasteiger partial charge in [-0.3, -0.25) is 4.79 Å². The average Bonchev–Trinajstić information content (AvgIpc) is 2.93. The van der Waals surface area contributed by atoms with Crippen molar-refractivity contribution >= 4 is 11.7 Å². The lowest BCUT2D eigenvalue weighted by Crippen LogP contribution is -2.39. The summed E-state index contributed by atoms with van der Waals surface area (Å²) < 4.78 is 0. The number of amides is 1. The highest BCUT2D eigenvalue weighted by molar-refractivity contribution is 5.77. The largest absolute Gasteiger partial charge is 0.369 e. The summed E-state index contributed by atoms with van der Waals surface area (Å²) in [4.78, 5) is 23.7. The molecule has 0 saturated carbocycles. The molecule has 0 radical (unpaired) electrons. The predicted molar refractivity (Wildman–Crippen MR) is 102 cm³/mol. The molecule has 2 aromatic rings. The molecule has 1 aromatic heterocycles. The van der Waals surface area contributed by atoms with E-state index in [0.29, 0.717) is 0 Å². The summed E-state index contributed by atoms with van der Waals surface area (Å²) in [5.41, 5.74) is 8.94. The third kappa shape index (κ3) is 3.42. The van der Waals surface area contributed by atoms with E-state index >= 15 is 0 Å². The number of nitrogens with zero attached hydrogens (tertiary/aromatic N) is 3. The van der Waals surface area contributed by atoms with Crippen LogP contribution in [0.15, 0.2) is 30.3 Å². The van der Waals surface area contributed by atoms with Gasteiger partial charge in [0, 0.05) is 43.1 Å². The molecule has 26 heavy (non-hydrogen) atoms. The predicted octanol–water partition coefficient (Wildman–Crippen LogP) is 1.53. The highest BCUT2D eigenvalue weighted by Gasteiger charge is 2.27. The van der Waals surface area contributed by atoms with E-state index in [-0.39, 0.29) is 11.8 Å². The van der Waals surface area contributed by atoms with Crippen molar-refractivity contribution in [3.8, 4) is 11.4 Å². The van der Waals surface area contributed by atoms with Crippen molar-refractivity contribution < 1.29 is 4.79 Å². The monoisotopic (exact) mass is 351 g/mol. The zero-order chi connectivity index (χ0) is 17.9. The molecule has 3 heterocycles. The summed E-state index contributed by atoms with van der Waals surface area (Å²) in [5, 5.41) is 3.46. The highest BCUT2D eigenvalue weighted by Crippen LogP contribution is 2.30. The van der Waals surface area contributed by atoms with Crippen LogP contribution in [0.1, 0.15) is 24.1 Å². The molecule has 6 nitrogen and oxygen atoms in total. The number of hydrogen-bond acceptors (Lipinski definition) is 5. The summed E-state index contributed by atoms with van der Waals surface area (Å²) in [6.45, 7) is 3.53. The second-order valence-corrected chi connectivity index (χ2v) is 7.08. The number of fused-ring (bicyclic) bond motifs is 1. The first-order valence-electron chi connectivity index (χ1n) is 9.42. The first-order valence-corrected chi connectivity index (χ1v) is 9.42. The summed E-state index contributed by atoms with van der Waals surface area (Å²) >= 11 is 0. The minimum absolute atomic E-state index is 0.0121. The van der Waals surface area contributed by atoms with Gasteiger partial charge in [0.15, 0.2) is 5.82 Å². The molecule has 0 atom stereocenters. The van der Waals surface area contributed by atoms with Crippen molar-refractivity contribution in [1.29, 1.82) is 0 Å². The van der Waals surface area contributed by atoms with E-state index in [4.69, 9.17) is 15.7 Å². The number of nitrogens with one attached hydrogen (secondary N) is 1. The van der Waals surface area contributed by atoms with E-state index in [0.717, 1.165) is 74.8 Å². The molecule has 3 N–H and O–H groups in total. The van der Waals surface area contributed by atoms with Crippen LogP contribution in [0, 0.1) is 5.92 Å². The average molecular weight is 351 g/mol. The molecule has 1 saturated heterocycles. The van der Waals surface area contributed by atoms with Crippen LogP contribution in [0.25, 0.3) is 11.4 Å². The number of benzene rings is 1. The lowest BCUT2D eigenvalue weighted by Gasteiger charge is -2.33. The number of carbonyl (C=O) groups is 1. The summed E-state index contributed by atoms with van der Waals surface area (Å²) in [6, 6.07) is 10.2. The number of rotatable bonds is 3. The summed E-state index contributed by atoms with van der Waals surface area (Å²) in [5.74, 6) is 1.64. The second kappa shape index (κ2) is 7.41. The molecule has 0 spiro atoms. The third-order valence-electron chi connectivity index (χ3n) is 5.39. The topological polar surface area (TPSA) is 84.1 Å². The first kappa shape index (κ1) is 17.0. The molecule has 1 fully saturated rings. The van der Waals surface area contributed by atoms with Gasteiger partial charge in [0.05, 0.1) is 5.69 Å². The van der Waals surface area contributed by atoms with Crippen LogP contribution < -0.4 is 16.0 Å². The van der Waals surface area contributed by atoms with Gasteiger partial charge in [-0.25, -0.2) is 9.97 Å². The van der Waals surface area contributed by atoms with E-state index in [9.17, 15) is 4.79 Å². The SMILES string of the molecule is NC(=O)C1CCN(c2nc(-c3ccccc3)nc3c2CCNCC3)CC1. The Balaban J connectivity index is 1.71. The Kier molecular flexibility index (Phi) is 4.84. The van der Waals surface area contributed by atoms with Crippen LogP contribution >= 0.6 is 0 Å². The molecule has 1 amide bonds. The minimum atomic E-state index is -0.180. The van der Waals surface area contributed by atoms with Crippen molar-refractivity contribution in [3.63, 3.8) is 0 Å². The zero-order valence-corrected chi connectivity index (χ0v) is 14.9. The van der Waals surface area contributed by atoms with E-state index in [1.165, 1.54) is 5.56 Å². The lowest BCUT2D eigenvalue weighted by atomic mass is 9.95. The van der Waals surface area contributed by atoms with Gasteiger partial charge in [0.1, 0.15) is 5.82 Å². The molecular formula is C20H25N5O. The maximum atomic E-state index is 11.5. The summed E-state index contributed by atoms with van der Waals surface area (Å²) in [6.07, 6.45) is 3.46. The fourth-order valence-corrected chi connectivity index (χ4v) is 3.88.